The van der Waals surface area contributed by atoms with Crippen LogP contribution in [0.5, 0.6) is 0 Å². The Morgan fingerprint density at radius 2 is 1.97 bits per heavy atom. The molecule has 0 unspecified atom stereocenters. The minimum atomic E-state index is -0.146. The van der Waals surface area contributed by atoms with Gasteiger partial charge in [-0.2, -0.15) is 0 Å². The van der Waals surface area contributed by atoms with Crippen LogP contribution < -0.4 is 5.32 Å². The summed E-state index contributed by atoms with van der Waals surface area (Å²) in [6.45, 7) is 2.75. The Balaban J connectivity index is 1.62. The molecule has 0 spiro atoms. The first-order valence-corrected chi connectivity index (χ1v) is 10.1. The molecule has 156 valence electrons. The van der Waals surface area contributed by atoms with Gasteiger partial charge >= 0.3 is 0 Å². The number of nitrogens with zero attached hydrogens (tertiary/aromatic N) is 3. The fourth-order valence-electron chi connectivity index (χ4n) is 3.43. The Morgan fingerprint density at radius 3 is 2.77 bits per heavy atom. The van der Waals surface area contributed by atoms with Crippen LogP contribution in [0.3, 0.4) is 0 Å². The number of likely N-dealkylation sites (N-methyl/N-ethyl adjacent to an activating group) is 1. The van der Waals surface area contributed by atoms with Gasteiger partial charge in [-0.05, 0) is 56.4 Å². The van der Waals surface area contributed by atoms with Gasteiger partial charge in [0, 0.05) is 65.2 Å². The van der Waals surface area contributed by atoms with Gasteiger partial charge in [0.15, 0.2) is 0 Å². The third-order valence-electron chi connectivity index (χ3n) is 4.92. The second-order valence-electron chi connectivity index (χ2n) is 7.81. The van der Waals surface area contributed by atoms with Crippen LogP contribution in [-0.2, 0) is 4.79 Å². The van der Waals surface area contributed by atoms with Crippen molar-refractivity contribution in [2.24, 2.45) is 0 Å². The van der Waals surface area contributed by atoms with Crippen molar-refractivity contribution in [1.82, 2.24) is 19.9 Å². The maximum absolute atomic E-state index is 12.2. The summed E-state index contributed by atoms with van der Waals surface area (Å²) in [5, 5.41) is 3.96. The fraction of sp³-hybridized carbons (Fsp3) is 0.160. The summed E-state index contributed by atoms with van der Waals surface area (Å²) in [5.41, 5.74) is 6.77. The van der Waals surface area contributed by atoms with Crippen molar-refractivity contribution in [3.05, 3.63) is 78.9 Å². The highest BCUT2D eigenvalue weighted by molar-refractivity contribution is 6.00. The van der Waals surface area contributed by atoms with E-state index in [-0.39, 0.29) is 5.91 Å². The first-order chi connectivity index (χ1) is 15.0. The van der Waals surface area contributed by atoms with Crippen molar-refractivity contribution in [2.45, 2.75) is 6.92 Å². The molecule has 0 saturated carbocycles. The van der Waals surface area contributed by atoms with E-state index in [0.717, 1.165) is 44.5 Å². The molecule has 0 bridgehead atoms. The average Bonchev–Trinajstić information content (AvgIpc) is 3.17. The number of pyridine rings is 2. The van der Waals surface area contributed by atoms with E-state index in [4.69, 9.17) is 0 Å². The van der Waals surface area contributed by atoms with Gasteiger partial charge in [0.1, 0.15) is 5.65 Å². The maximum Gasteiger partial charge on any atom is 0.248 e. The van der Waals surface area contributed by atoms with Gasteiger partial charge in [-0.15, -0.1) is 0 Å². The van der Waals surface area contributed by atoms with Crippen LogP contribution in [0.15, 0.2) is 73.3 Å². The van der Waals surface area contributed by atoms with E-state index >= 15 is 0 Å². The zero-order valence-corrected chi connectivity index (χ0v) is 17.9. The molecule has 3 heterocycles. The Hall–Kier alpha value is -3.77. The lowest BCUT2D eigenvalue weighted by Gasteiger charge is -2.07. The van der Waals surface area contributed by atoms with Crippen LogP contribution in [0.1, 0.15) is 5.56 Å². The molecule has 1 amide bonds. The Bertz CT molecular complexity index is 1260. The normalized spacial score (nSPS) is 11.5. The lowest BCUT2D eigenvalue weighted by molar-refractivity contribution is -0.111. The van der Waals surface area contributed by atoms with Crippen molar-refractivity contribution >= 4 is 22.6 Å². The maximum atomic E-state index is 12.2. The minimum absolute atomic E-state index is 0.146. The molecule has 2 N–H and O–H groups in total. The molecule has 3 aromatic heterocycles. The van der Waals surface area contributed by atoms with Crippen molar-refractivity contribution in [3.8, 4) is 22.3 Å². The molecule has 0 aliphatic carbocycles. The second kappa shape index (κ2) is 8.93. The first kappa shape index (κ1) is 20.5. The zero-order chi connectivity index (χ0) is 21.8. The number of nitrogens with one attached hydrogen (secondary N) is 2. The molecule has 6 nitrogen and oxygen atoms in total. The van der Waals surface area contributed by atoms with Gasteiger partial charge < -0.3 is 15.2 Å². The first-order valence-electron chi connectivity index (χ1n) is 10.1. The summed E-state index contributed by atoms with van der Waals surface area (Å²) in [6, 6.07) is 12.0. The van der Waals surface area contributed by atoms with Crippen LogP contribution in [0.4, 0.5) is 5.69 Å². The molecule has 0 aliphatic heterocycles. The number of H-pyrrole nitrogens is 1. The van der Waals surface area contributed by atoms with Gasteiger partial charge in [0.05, 0.1) is 0 Å². The van der Waals surface area contributed by atoms with E-state index in [2.05, 4.69) is 32.4 Å². The monoisotopic (exact) mass is 411 g/mol. The predicted molar refractivity (Wildman–Crippen MR) is 126 cm³/mol. The SMILES string of the molecule is Cc1cncc(-c2c[nH]c3ncc(-c4cccc(NC(=O)/C=C/CN(C)C)c4)cc23)c1. The molecule has 1 aromatic carbocycles. The van der Waals surface area contributed by atoms with Crippen LogP contribution in [0.25, 0.3) is 33.3 Å². The third kappa shape index (κ3) is 4.87. The van der Waals surface area contributed by atoms with E-state index < -0.39 is 0 Å². The zero-order valence-electron chi connectivity index (χ0n) is 17.9. The third-order valence-corrected chi connectivity index (χ3v) is 4.92. The summed E-state index contributed by atoms with van der Waals surface area (Å²) in [4.78, 5) is 26.3. The van der Waals surface area contributed by atoms with Crippen LogP contribution in [-0.4, -0.2) is 46.4 Å². The highest BCUT2D eigenvalue weighted by Gasteiger charge is 2.10. The number of carbonyl (C=O) groups excluding carboxylic acids is 1. The molecule has 0 fully saturated rings. The van der Waals surface area contributed by atoms with Gasteiger partial charge in [0.25, 0.3) is 0 Å². The van der Waals surface area contributed by atoms with Crippen molar-refractivity contribution in [2.75, 3.05) is 26.0 Å². The second-order valence-corrected chi connectivity index (χ2v) is 7.81. The van der Waals surface area contributed by atoms with E-state index in [9.17, 15) is 4.79 Å². The molecule has 0 saturated heterocycles. The molecule has 31 heavy (non-hydrogen) atoms. The number of carbonyl (C=O) groups is 1. The Morgan fingerprint density at radius 1 is 1.10 bits per heavy atom. The number of anilines is 1. The van der Waals surface area contributed by atoms with E-state index in [0.29, 0.717) is 6.54 Å². The number of rotatable bonds is 6. The smallest absolute Gasteiger partial charge is 0.248 e. The van der Waals surface area contributed by atoms with E-state index in [1.54, 1.807) is 6.08 Å². The van der Waals surface area contributed by atoms with Gasteiger partial charge in [-0.3, -0.25) is 9.78 Å². The van der Waals surface area contributed by atoms with Crippen molar-refractivity contribution in [1.29, 1.82) is 0 Å². The average molecular weight is 412 g/mol. The molecule has 0 aliphatic rings. The Labute approximate surface area is 181 Å². The van der Waals surface area contributed by atoms with Gasteiger partial charge in [-0.25, -0.2) is 4.98 Å². The van der Waals surface area contributed by atoms with Crippen molar-refractivity contribution < 1.29 is 4.79 Å². The molecular formula is C25H25N5O. The van der Waals surface area contributed by atoms with Gasteiger partial charge in [-0.1, -0.05) is 18.2 Å². The number of amides is 1. The van der Waals surface area contributed by atoms with Crippen molar-refractivity contribution in [3.63, 3.8) is 0 Å². The standard InChI is InChI=1S/C25H25N5O/c1-17-10-20(14-26-13-17)23-16-28-25-22(23)12-19(15-27-25)18-6-4-7-21(11-18)29-24(31)8-5-9-30(2)3/h4-8,10-16H,9H2,1-3H3,(H,27,28)(H,29,31)/b8-5+. The minimum Gasteiger partial charge on any atom is -0.346 e. The number of aryl methyl sites for hydroxylation is 1. The summed E-state index contributed by atoms with van der Waals surface area (Å²) in [5.74, 6) is -0.146. The number of fused-ring (bicyclic) bond motifs is 1. The molecule has 4 rings (SSSR count). The number of hydrogen-bond donors (Lipinski definition) is 2. The molecule has 4 aromatic rings. The number of aromatic nitrogens is 3. The summed E-state index contributed by atoms with van der Waals surface area (Å²) < 4.78 is 0. The quantitative estimate of drug-likeness (QED) is 0.453. The fourth-order valence-corrected chi connectivity index (χ4v) is 3.43. The Kier molecular flexibility index (Phi) is 5.91. The highest BCUT2D eigenvalue weighted by Crippen LogP contribution is 2.31. The predicted octanol–water partition coefficient (Wildman–Crippen LogP) is 4.66. The number of aromatic amines is 1. The lowest BCUT2D eigenvalue weighted by atomic mass is 10.0. The topological polar surface area (TPSA) is 73.9 Å². The largest absolute Gasteiger partial charge is 0.346 e. The number of hydrogen-bond acceptors (Lipinski definition) is 4. The number of benzene rings is 1. The van der Waals surface area contributed by atoms with E-state index in [1.165, 1.54) is 0 Å². The highest BCUT2D eigenvalue weighted by atomic mass is 16.1. The van der Waals surface area contributed by atoms with Crippen LogP contribution >= 0.6 is 0 Å². The summed E-state index contributed by atoms with van der Waals surface area (Å²) in [7, 11) is 3.92. The summed E-state index contributed by atoms with van der Waals surface area (Å²) >= 11 is 0. The molecule has 0 atom stereocenters. The summed E-state index contributed by atoms with van der Waals surface area (Å²) in [6.07, 6.45) is 10.9. The van der Waals surface area contributed by atoms with Crippen LogP contribution in [0.2, 0.25) is 0 Å². The lowest BCUT2D eigenvalue weighted by Crippen LogP contribution is -2.12. The van der Waals surface area contributed by atoms with E-state index in [1.807, 2.05) is 81.0 Å². The van der Waals surface area contributed by atoms with Crippen LogP contribution in [0, 0.1) is 6.92 Å². The van der Waals surface area contributed by atoms with Gasteiger partial charge in [0.2, 0.25) is 5.91 Å². The molecule has 6 heteroatoms. The molecule has 0 radical (unpaired) electrons. The molecular weight excluding hydrogens is 386 g/mol.